The van der Waals surface area contributed by atoms with E-state index in [1.807, 2.05) is 0 Å². The summed E-state index contributed by atoms with van der Waals surface area (Å²) in [7, 11) is 0. The molecule has 0 aliphatic heterocycles. The Kier molecular flexibility index (Phi) is 3.83. The Morgan fingerprint density at radius 2 is 1.96 bits per heavy atom. The second-order valence-electron chi connectivity index (χ2n) is 5.12. The number of rotatable bonds is 3. The smallest absolute Gasteiger partial charge is 0.279 e. The van der Waals surface area contributed by atoms with Crippen molar-refractivity contribution in [2.45, 2.75) is 0 Å². The summed E-state index contributed by atoms with van der Waals surface area (Å²) in [6.45, 7) is 3.77. The highest BCUT2D eigenvalue weighted by molar-refractivity contribution is 5.53. The van der Waals surface area contributed by atoms with Crippen molar-refractivity contribution in [2.75, 3.05) is 0 Å². The number of nitro benzene ring substituents is 1. The SMILES string of the molecule is C=c1[nH]n(-c2cccc(F)c2)c(=O)/c1=C\c1cccc([N+](=O)[O-])c1. The van der Waals surface area contributed by atoms with Gasteiger partial charge in [-0.1, -0.05) is 24.8 Å². The lowest BCUT2D eigenvalue weighted by Crippen LogP contribution is -2.33. The van der Waals surface area contributed by atoms with Crippen LogP contribution in [-0.4, -0.2) is 14.7 Å². The second-order valence-corrected chi connectivity index (χ2v) is 5.12. The Labute approximate surface area is 134 Å². The van der Waals surface area contributed by atoms with Crippen LogP contribution in [0.15, 0.2) is 53.3 Å². The minimum absolute atomic E-state index is 0.0737. The Balaban J connectivity index is 2.17. The van der Waals surface area contributed by atoms with Crippen molar-refractivity contribution >= 4 is 18.3 Å². The first-order valence-electron chi connectivity index (χ1n) is 6.98. The van der Waals surface area contributed by atoms with Crippen LogP contribution in [0.2, 0.25) is 0 Å². The van der Waals surface area contributed by atoms with Gasteiger partial charge in [0.1, 0.15) is 5.82 Å². The monoisotopic (exact) mass is 325 g/mol. The first kappa shape index (κ1) is 15.4. The highest BCUT2D eigenvalue weighted by Crippen LogP contribution is 2.13. The molecule has 0 atom stereocenters. The Hall–Kier alpha value is -3.48. The molecule has 1 N–H and O–H groups in total. The topological polar surface area (TPSA) is 80.9 Å². The predicted octanol–water partition coefficient (Wildman–Crippen LogP) is 1.45. The standard InChI is InChI=1S/C17H12FN3O3/c1-11-16(9-12-4-2-7-15(8-12)21(23)24)17(22)20(19-11)14-6-3-5-13(18)10-14/h2-10,19H,1H2/b16-9-. The number of aromatic amines is 1. The van der Waals surface area contributed by atoms with Gasteiger partial charge in [-0.15, -0.1) is 0 Å². The molecule has 0 bridgehead atoms. The predicted molar refractivity (Wildman–Crippen MR) is 87.8 cm³/mol. The molecular formula is C17H12FN3O3. The molecule has 1 aromatic heterocycles. The molecule has 0 aliphatic rings. The van der Waals surface area contributed by atoms with Crippen LogP contribution in [0.3, 0.4) is 0 Å². The lowest BCUT2D eigenvalue weighted by Gasteiger charge is -2.00. The van der Waals surface area contributed by atoms with Crippen molar-refractivity contribution < 1.29 is 9.31 Å². The maximum Gasteiger partial charge on any atom is 0.279 e. The molecule has 0 unspecified atom stereocenters. The highest BCUT2D eigenvalue weighted by atomic mass is 19.1. The molecule has 7 heteroatoms. The van der Waals surface area contributed by atoms with Gasteiger partial charge in [-0.3, -0.25) is 20.0 Å². The average molecular weight is 325 g/mol. The molecule has 0 amide bonds. The zero-order valence-electron chi connectivity index (χ0n) is 12.4. The Morgan fingerprint density at radius 3 is 2.67 bits per heavy atom. The van der Waals surface area contributed by atoms with Gasteiger partial charge in [-0.05, 0) is 29.8 Å². The van der Waals surface area contributed by atoms with Crippen LogP contribution in [0, 0.1) is 15.9 Å². The summed E-state index contributed by atoms with van der Waals surface area (Å²) < 4.78 is 14.5. The van der Waals surface area contributed by atoms with E-state index in [1.165, 1.54) is 47.2 Å². The van der Waals surface area contributed by atoms with E-state index >= 15 is 0 Å². The largest absolute Gasteiger partial charge is 0.291 e. The molecule has 0 spiro atoms. The van der Waals surface area contributed by atoms with Crippen molar-refractivity contribution in [2.24, 2.45) is 0 Å². The van der Waals surface area contributed by atoms with Crippen LogP contribution < -0.4 is 16.1 Å². The third kappa shape index (κ3) is 2.87. The van der Waals surface area contributed by atoms with E-state index in [0.29, 0.717) is 16.6 Å². The van der Waals surface area contributed by atoms with E-state index in [1.54, 1.807) is 12.1 Å². The van der Waals surface area contributed by atoms with E-state index in [9.17, 15) is 19.3 Å². The van der Waals surface area contributed by atoms with Crippen molar-refractivity contribution in [1.82, 2.24) is 9.78 Å². The van der Waals surface area contributed by atoms with Crippen molar-refractivity contribution in [3.8, 4) is 5.69 Å². The van der Waals surface area contributed by atoms with Crippen LogP contribution >= 0.6 is 0 Å². The molecule has 6 nitrogen and oxygen atoms in total. The maximum atomic E-state index is 13.3. The van der Waals surface area contributed by atoms with E-state index in [2.05, 4.69) is 11.7 Å². The minimum atomic E-state index is -0.509. The zero-order chi connectivity index (χ0) is 17.3. The fraction of sp³-hybridized carbons (Fsp3) is 0. The van der Waals surface area contributed by atoms with Crippen LogP contribution in [0.25, 0.3) is 18.3 Å². The van der Waals surface area contributed by atoms with Gasteiger partial charge < -0.3 is 0 Å². The molecule has 0 fully saturated rings. The summed E-state index contributed by atoms with van der Waals surface area (Å²) in [6, 6.07) is 11.5. The molecule has 0 saturated carbocycles. The Bertz CT molecular complexity index is 1100. The summed E-state index contributed by atoms with van der Waals surface area (Å²) in [5.74, 6) is -0.469. The van der Waals surface area contributed by atoms with Crippen molar-refractivity contribution in [3.63, 3.8) is 0 Å². The lowest BCUT2D eigenvalue weighted by atomic mass is 10.2. The fourth-order valence-electron chi connectivity index (χ4n) is 2.34. The molecular weight excluding hydrogens is 313 g/mol. The van der Waals surface area contributed by atoms with Gasteiger partial charge in [0.25, 0.3) is 11.2 Å². The molecule has 0 radical (unpaired) electrons. The number of hydrogen-bond acceptors (Lipinski definition) is 3. The van der Waals surface area contributed by atoms with Gasteiger partial charge in [-0.2, -0.15) is 0 Å². The summed E-state index contributed by atoms with van der Waals surface area (Å²) >= 11 is 0. The number of aromatic nitrogens is 2. The van der Waals surface area contributed by atoms with Crippen LogP contribution in [-0.2, 0) is 0 Å². The van der Waals surface area contributed by atoms with Gasteiger partial charge in [0.2, 0.25) is 0 Å². The van der Waals surface area contributed by atoms with Gasteiger partial charge in [-0.25, -0.2) is 9.07 Å². The summed E-state index contributed by atoms with van der Waals surface area (Å²) in [5, 5.41) is 14.2. The number of benzene rings is 2. The summed E-state index contributed by atoms with van der Waals surface area (Å²) in [6.07, 6.45) is 1.50. The molecule has 24 heavy (non-hydrogen) atoms. The van der Waals surface area contributed by atoms with E-state index in [0.717, 1.165) is 0 Å². The number of nitrogens with one attached hydrogen (secondary N) is 1. The fourth-order valence-corrected chi connectivity index (χ4v) is 2.34. The maximum absolute atomic E-state index is 13.3. The highest BCUT2D eigenvalue weighted by Gasteiger charge is 2.07. The van der Waals surface area contributed by atoms with Crippen LogP contribution in [0.1, 0.15) is 5.56 Å². The number of non-ortho nitro benzene ring substituents is 1. The third-order valence-electron chi connectivity index (χ3n) is 3.46. The van der Waals surface area contributed by atoms with Crippen molar-refractivity contribution in [3.05, 3.63) is 90.9 Å². The normalized spacial score (nSPS) is 11.6. The van der Waals surface area contributed by atoms with E-state index in [-0.39, 0.29) is 10.9 Å². The Morgan fingerprint density at radius 1 is 1.21 bits per heavy atom. The van der Waals surface area contributed by atoms with Crippen molar-refractivity contribution in [1.29, 1.82) is 0 Å². The average Bonchev–Trinajstić information content (AvgIpc) is 2.83. The molecule has 2 aromatic carbocycles. The number of halogens is 1. The molecule has 0 saturated heterocycles. The summed E-state index contributed by atoms with van der Waals surface area (Å²) in [4.78, 5) is 22.9. The minimum Gasteiger partial charge on any atom is -0.291 e. The molecule has 1 heterocycles. The first-order valence-corrected chi connectivity index (χ1v) is 6.98. The van der Waals surface area contributed by atoms with Crippen LogP contribution in [0.5, 0.6) is 0 Å². The van der Waals surface area contributed by atoms with Gasteiger partial charge >= 0.3 is 0 Å². The van der Waals surface area contributed by atoms with Gasteiger partial charge in [0.05, 0.1) is 21.2 Å². The molecule has 3 rings (SSSR count). The van der Waals surface area contributed by atoms with Gasteiger partial charge in [0, 0.05) is 12.1 Å². The number of hydrogen-bond donors (Lipinski definition) is 1. The third-order valence-corrected chi connectivity index (χ3v) is 3.46. The lowest BCUT2D eigenvalue weighted by molar-refractivity contribution is -0.384. The molecule has 3 aromatic rings. The van der Waals surface area contributed by atoms with Gasteiger partial charge in [0.15, 0.2) is 0 Å². The first-order chi connectivity index (χ1) is 11.5. The number of H-pyrrole nitrogens is 1. The number of nitrogens with zero attached hydrogens (tertiary/aromatic N) is 2. The zero-order valence-corrected chi connectivity index (χ0v) is 12.4. The summed E-state index contributed by atoms with van der Waals surface area (Å²) in [5.41, 5.74) is 0.340. The van der Waals surface area contributed by atoms with E-state index < -0.39 is 16.3 Å². The van der Waals surface area contributed by atoms with E-state index in [4.69, 9.17) is 0 Å². The molecule has 0 aliphatic carbocycles. The quantitative estimate of drug-likeness (QED) is 0.584. The number of nitro groups is 1. The molecule has 120 valence electrons. The second kappa shape index (κ2) is 5.96. The van der Waals surface area contributed by atoms with Crippen LogP contribution in [0.4, 0.5) is 10.1 Å².